The van der Waals surface area contributed by atoms with Crippen molar-refractivity contribution < 1.29 is 17.9 Å². The van der Waals surface area contributed by atoms with Gasteiger partial charge in [-0.1, -0.05) is 13.0 Å². The number of carbonyl (C=O) groups is 1. The molecule has 1 fully saturated rings. The SMILES string of the molecule is CCOc1cccc(S(=O)(=O)NC(=O)c2cccnc2N2CC(C)CC2(C)C)n1. The summed E-state index contributed by atoms with van der Waals surface area (Å²) in [5, 5.41) is -0.280. The molecule has 0 radical (unpaired) electrons. The highest BCUT2D eigenvalue weighted by molar-refractivity contribution is 7.90. The number of ether oxygens (including phenoxy) is 1. The van der Waals surface area contributed by atoms with Gasteiger partial charge in [0.15, 0.2) is 5.03 Å². The standard InChI is InChI=1S/C20H26N4O4S/c1-5-28-16-9-6-10-17(22-16)29(26,27)23-19(25)15-8-7-11-21-18(15)24-13-14(2)12-20(24,3)4/h6-11,14H,5,12-13H2,1-4H3,(H,23,25). The third kappa shape index (κ3) is 4.50. The molecule has 1 saturated heterocycles. The molecule has 1 atom stereocenters. The van der Waals surface area contributed by atoms with E-state index in [1.165, 1.54) is 12.1 Å². The lowest BCUT2D eigenvalue weighted by Gasteiger charge is -2.33. The molecule has 1 N–H and O–H groups in total. The van der Waals surface area contributed by atoms with E-state index in [-0.39, 0.29) is 22.0 Å². The predicted octanol–water partition coefficient (Wildman–Crippen LogP) is 2.62. The van der Waals surface area contributed by atoms with Crippen LogP contribution in [0.15, 0.2) is 41.6 Å². The second-order valence-electron chi connectivity index (χ2n) is 7.79. The van der Waals surface area contributed by atoms with Crippen molar-refractivity contribution in [2.24, 2.45) is 5.92 Å². The van der Waals surface area contributed by atoms with Gasteiger partial charge in [0.25, 0.3) is 15.9 Å². The van der Waals surface area contributed by atoms with Crippen molar-refractivity contribution in [2.75, 3.05) is 18.1 Å². The number of rotatable bonds is 6. The molecule has 2 aromatic rings. The summed E-state index contributed by atoms with van der Waals surface area (Å²) in [6.45, 7) is 9.20. The van der Waals surface area contributed by atoms with Gasteiger partial charge in [-0.05, 0) is 51.3 Å². The number of anilines is 1. The van der Waals surface area contributed by atoms with E-state index in [9.17, 15) is 13.2 Å². The Bertz CT molecular complexity index is 1010. The molecule has 0 saturated carbocycles. The molecule has 1 amide bonds. The minimum absolute atomic E-state index is 0.178. The Morgan fingerprint density at radius 3 is 2.72 bits per heavy atom. The highest BCUT2D eigenvalue weighted by atomic mass is 32.2. The molecule has 1 aliphatic rings. The number of carbonyl (C=O) groups excluding carboxylic acids is 1. The van der Waals surface area contributed by atoms with Crippen molar-refractivity contribution >= 4 is 21.7 Å². The van der Waals surface area contributed by atoms with Gasteiger partial charge in [-0.2, -0.15) is 13.4 Å². The van der Waals surface area contributed by atoms with Gasteiger partial charge in [-0.3, -0.25) is 4.79 Å². The number of sulfonamides is 1. The van der Waals surface area contributed by atoms with Crippen LogP contribution in [0.1, 0.15) is 44.5 Å². The van der Waals surface area contributed by atoms with Gasteiger partial charge in [-0.15, -0.1) is 0 Å². The third-order valence-electron chi connectivity index (χ3n) is 4.85. The molecule has 0 spiro atoms. The molecule has 3 heterocycles. The van der Waals surface area contributed by atoms with E-state index >= 15 is 0 Å². The van der Waals surface area contributed by atoms with Gasteiger partial charge in [0.1, 0.15) is 5.82 Å². The zero-order valence-corrected chi connectivity index (χ0v) is 17.9. The maximum atomic E-state index is 12.9. The molecule has 29 heavy (non-hydrogen) atoms. The van der Waals surface area contributed by atoms with E-state index in [0.717, 1.165) is 13.0 Å². The number of aromatic nitrogens is 2. The van der Waals surface area contributed by atoms with Gasteiger partial charge in [0.2, 0.25) is 5.88 Å². The zero-order chi connectivity index (χ0) is 21.2. The topological polar surface area (TPSA) is 101 Å². The van der Waals surface area contributed by atoms with Crippen LogP contribution in [0.3, 0.4) is 0 Å². The fourth-order valence-corrected chi connectivity index (χ4v) is 4.68. The van der Waals surface area contributed by atoms with Gasteiger partial charge in [-0.25, -0.2) is 9.71 Å². The highest BCUT2D eigenvalue weighted by Crippen LogP contribution is 2.37. The molecule has 0 bridgehead atoms. The Hall–Kier alpha value is -2.68. The van der Waals surface area contributed by atoms with Crippen LogP contribution in [-0.4, -0.2) is 43.0 Å². The summed E-state index contributed by atoms with van der Waals surface area (Å²) in [5.74, 6) is 0.354. The first-order valence-corrected chi connectivity index (χ1v) is 11.0. The quantitative estimate of drug-likeness (QED) is 0.769. The lowest BCUT2D eigenvalue weighted by atomic mass is 9.97. The number of amides is 1. The maximum absolute atomic E-state index is 12.9. The summed E-state index contributed by atoms with van der Waals surface area (Å²) in [5.41, 5.74) is 0.0221. The second kappa shape index (κ2) is 7.98. The van der Waals surface area contributed by atoms with Crippen LogP contribution in [0.25, 0.3) is 0 Å². The summed E-state index contributed by atoms with van der Waals surface area (Å²) >= 11 is 0. The van der Waals surface area contributed by atoms with Gasteiger partial charge < -0.3 is 9.64 Å². The van der Waals surface area contributed by atoms with E-state index in [0.29, 0.717) is 18.3 Å². The van der Waals surface area contributed by atoms with E-state index in [1.807, 2.05) is 0 Å². The second-order valence-corrected chi connectivity index (χ2v) is 9.42. The Balaban J connectivity index is 1.89. The van der Waals surface area contributed by atoms with Crippen molar-refractivity contribution in [3.05, 3.63) is 42.1 Å². The van der Waals surface area contributed by atoms with Gasteiger partial charge in [0.05, 0.1) is 12.2 Å². The van der Waals surface area contributed by atoms with Crippen LogP contribution in [-0.2, 0) is 10.0 Å². The first kappa shape index (κ1) is 21.0. The number of nitrogens with one attached hydrogen (secondary N) is 1. The molecule has 8 nitrogen and oxygen atoms in total. The molecule has 1 unspecified atom stereocenters. The summed E-state index contributed by atoms with van der Waals surface area (Å²) in [6.07, 6.45) is 2.56. The highest BCUT2D eigenvalue weighted by Gasteiger charge is 2.39. The van der Waals surface area contributed by atoms with Crippen LogP contribution in [0.2, 0.25) is 0 Å². The van der Waals surface area contributed by atoms with E-state index in [2.05, 4.69) is 40.4 Å². The smallest absolute Gasteiger partial charge is 0.281 e. The molecule has 0 aliphatic carbocycles. The predicted molar refractivity (Wildman–Crippen MR) is 110 cm³/mol. The Morgan fingerprint density at radius 2 is 2.07 bits per heavy atom. The minimum atomic E-state index is -4.17. The zero-order valence-electron chi connectivity index (χ0n) is 17.0. The van der Waals surface area contributed by atoms with E-state index < -0.39 is 15.9 Å². The van der Waals surface area contributed by atoms with E-state index in [4.69, 9.17) is 4.74 Å². The molecule has 1 aliphatic heterocycles. The van der Waals surface area contributed by atoms with Crippen LogP contribution in [0.5, 0.6) is 5.88 Å². The van der Waals surface area contributed by atoms with Crippen molar-refractivity contribution in [3.63, 3.8) is 0 Å². The van der Waals surface area contributed by atoms with Crippen LogP contribution >= 0.6 is 0 Å². The Labute approximate surface area is 171 Å². The first-order chi connectivity index (χ1) is 13.6. The molecule has 3 rings (SSSR count). The fourth-order valence-electron chi connectivity index (χ4n) is 3.75. The average Bonchev–Trinajstić information content (AvgIpc) is 2.94. The van der Waals surface area contributed by atoms with E-state index in [1.54, 1.807) is 31.3 Å². The average molecular weight is 419 g/mol. The van der Waals surface area contributed by atoms with Gasteiger partial charge in [0, 0.05) is 24.3 Å². The Kier molecular flexibility index (Phi) is 5.79. The monoisotopic (exact) mass is 418 g/mol. The van der Waals surface area contributed by atoms with Crippen LogP contribution in [0, 0.1) is 5.92 Å². The molecule has 2 aromatic heterocycles. The minimum Gasteiger partial charge on any atom is -0.478 e. The summed E-state index contributed by atoms with van der Waals surface area (Å²) in [6, 6.07) is 7.58. The molecule has 0 aromatic carbocycles. The number of hydrogen-bond acceptors (Lipinski definition) is 7. The largest absolute Gasteiger partial charge is 0.478 e. The normalized spacial score (nSPS) is 18.5. The Morgan fingerprint density at radius 1 is 1.31 bits per heavy atom. The van der Waals surface area contributed by atoms with Crippen molar-refractivity contribution in [2.45, 2.75) is 44.7 Å². The maximum Gasteiger partial charge on any atom is 0.281 e. The van der Waals surface area contributed by atoms with Crippen LogP contribution < -0.4 is 14.4 Å². The lowest BCUT2D eigenvalue weighted by molar-refractivity contribution is 0.0981. The third-order valence-corrected chi connectivity index (χ3v) is 6.08. The summed E-state index contributed by atoms with van der Waals surface area (Å²) < 4.78 is 32.8. The summed E-state index contributed by atoms with van der Waals surface area (Å²) in [7, 11) is -4.17. The van der Waals surface area contributed by atoms with Crippen molar-refractivity contribution in [1.82, 2.24) is 14.7 Å². The number of hydrogen-bond donors (Lipinski definition) is 1. The number of nitrogens with zero attached hydrogens (tertiary/aromatic N) is 3. The molecular formula is C20H26N4O4S. The van der Waals surface area contributed by atoms with Crippen LogP contribution in [0.4, 0.5) is 5.82 Å². The first-order valence-electron chi connectivity index (χ1n) is 9.53. The molecular weight excluding hydrogens is 392 g/mol. The summed E-state index contributed by atoms with van der Waals surface area (Å²) in [4.78, 5) is 23.3. The number of pyridine rings is 2. The van der Waals surface area contributed by atoms with Crippen molar-refractivity contribution in [1.29, 1.82) is 0 Å². The van der Waals surface area contributed by atoms with Crippen molar-refractivity contribution in [3.8, 4) is 5.88 Å². The fraction of sp³-hybridized carbons (Fsp3) is 0.450. The lowest BCUT2D eigenvalue weighted by Crippen LogP contribution is -2.41. The molecule has 156 valence electrons. The molecule has 9 heteroatoms. The van der Waals surface area contributed by atoms with Gasteiger partial charge >= 0.3 is 0 Å².